The predicted octanol–water partition coefficient (Wildman–Crippen LogP) is 1.64. The van der Waals surface area contributed by atoms with Gasteiger partial charge in [0.15, 0.2) is 0 Å². The van der Waals surface area contributed by atoms with Crippen LogP contribution in [-0.4, -0.2) is 17.0 Å². The first-order valence-corrected chi connectivity index (χ1v) is 5.02. The smallest absolute Gasteiger partial charge is 0.306 e. The molecule has 1 saturated carbocycles. The third-order valence-electron chi connectivity index (χ3n) is 2.69. The summed E-state index contributed by atoms with van der Waals surface area (Å²) in [6.07, 6.45) is 1.68. The number of benzene rings is 1. The largest absolute Gasteiger partial charge is 0.382 e. The van der Waals surface area contributed by atoms with Gasteiger partial charge in [-0.25, -0.2) is 0 Å². The number of hydrogen-bond donors (Lipinski definition) is 2. The summed E-state index contributed by atoms with van der Waals surface area (Å²) >= 11 is 0. The highest BCUT2D eigenvalue weighted by atomic mass is 19.1. The van der Waals surface area contributed by atoms with Crippen molar-refractivity contribution in [3.63, 3.8) is 0 Å². The lowest BCUT2D eigenvalue weighted by molar-refractivity contribution is -0.387. The lowest BCUT2D eigenvalue weighted by atomic mass is 9.87. The predicted molar refractivity (Wildman–Crippen MR) is 57.7 cm³/mol. The fourth-order valence-corrected chi connectivity index (χ4v) is 1.76. The van der Waals surface area contributed by atoms with Gasteiger partial charge in [-0.3, -0.25) is 10.1 Å². The van der Waals surface area contributed by atoms with Gasteiger partial charge in [-0.1, -0.05) is 0 Å². The molecule has 0 radical (unpaired) electrons. The van der Waals surface area contributed by atoms with Crippen molar-refractivity contribution in [3.8, 4) is 0 Å². The minimum absolute atomic E-state index is 0.202. The van der Waals surface area contributed by atoms with E-state index >= 15 is 0 Å². The lowest BCUT2D eigenvalue weighted by Gasteiger charge is -2.33. The van der Waals surface area contributed by atoms with Crippen LogP contribution in [0.5, 0.6) is 0 Å². The molecule has 0 heterocycles. The zero-order chi connectivity index (χ0) is 11.7. The molecule has 2 rings (SSSR count). The quantitative estimate of drug-likeness (QED) is 0.605. The third kappa shape index (κ3) is 2.11. The van der Waals surface area contributed by atoms with Gasteiger partial charge in [0.2, 0.25) is 5.82 Å². The summed E-state index contributed by atoms with van der Waals surface area (Å²) in [5.41, 5.74) is 5.67. The van der Waals surface area contributed by atoms with Crippen molar-refractivity contribution < 1.29 is 9.31 Å². The zero-order valence-electron chi connectivity index (χ0n) is 8.52. The second-order valence-electron chi connectivity index (χ2n) is 4.00. The molecule has 86 valence electrons. The van der Waals surface area contributed by atoms with Gasteiger partial charge >= 0.3 is 5.69 Å². The highest BCUT2D eigenvalue weighted by Crippen LogP contribution is 2.26. The Morgan fingerprint density at radius 3 is 2.75 bits per heavy atom. The number of nitro groups is 1. The SMILES string of the molecule is NC1CC(Nc2ccc(F)c([N+](=O)[O-])c2)C1. The molecule has 1 aliphatic carbocycles. The standard InChI is InChI=1S/C10H12FN3O2/c11-9-2-1-7(5-10(9)14(15)16)13-8-3-6(12)4-8/h1-2,5-6,8,13H,3-4,12H2. The number of nitro benzene ring substituents is 1. The number of halogens is 1. The Kier molecular flexibility index (Phi) is 2.74. The Labute approximate surface area is 91.6 Å². The molecule has 0 aliphatic heterocycles. The first-order valence-electron chi connectivity index (χ1n) is 5.02. The second-order valence-corrected chi connectivity index (χ2v) is 4.00. The van der Waals surface area contributed by atoms with Crippen LogP contribution in [0.25, 0.3) is 0 Å². The molecule has 1 fully saturated rings. The van der Waals surface area contributed by atoms with Gasteiger partial charge in [-0.2, -0.15) is 4.39 Å². The molecule has 0 atom stereocenters. The summed E-state index contributed by atoms with van der Waals surface area (Å²) in [6.45, 7) is 0. The first-order chi connectivity index (χ1) is 7.56. The lowest BCUT2D eigenvalue weighted by Crippen LogP contribution is -2.44. The Hall–Kier alpha value is -1.69. The van der Waals surface area contributed by atoms with Crippen molar-refractivity contribution in [2.75, 3.05) is 5.32 Å². The van der Waals surface area contributed by atoms with E-state index in [-0.39, 0.29) is 12.1 Å². The van der Waals surface area contributed by atoms with Crippen molar-refractivity contribution in [1.29, 1.82) is 0 Å². The molecule has 0 saturated heterocycles. The average Bonchev–Trinajstić information content (AvgIpc) is 2.18. The van der Waals surface area contributed by atoms with Gasteiger partial charge < -0.3 is 11.1 Å². The summed E-state index contributed by atoms with van der Waals surface area (Å²) in [4.78, 5) is 9.78. The molecule has 0 unspecified atom stereocenters. The normalized spacial score (nSPS) is 23.6. The number of anilines is 1. The van der Waals surface area contributed by atoms with Crippen LogP contribution in [0.4, 0.5) is 15.8 Å². The minimum atomic E-state index is -0.819. The topological polar surface area (TPSA) is 81.2 Å². The monoisotopic (exact) mass is 225 g/mol. The molecule has 1 aliphatic rings. The van der Waals surface area contributed by atoms with E-state index in [0.29, 0.717) is 5.69 Å². The average molecular weight is 225 g/mol. The van der Waals surface area contributed by atoms with E-state index in [4.69, 9.17) is 5.73 Å². The van der Waals surface area contributed by atoms with E-state index in [1.54, 1.807) is 0 Å². The molecule has 6 heteroatoms. The summed E-state index contributed by atoms with van der Waals surface area (Å²) < 4.78 is 13.0. The van der Waals surface area contributed by atoms with E-state index in [0.717, 1.165) is 18.9 Å². The van der Waals surface area contributed by atoms with Gasteiger partial charge in [-0.15, -0.1) is 0 Å². The van der Waals surface area contributed by atoms with Crippen molar-refractivity contribution >= 4 is 11.4 Å². The molecule has 1 aromatic rings. The molecule has 0 amide bonds. The van der Waals surface area contributed by atoms with Crippen molar-refractivity contribution in [1.82, 2.24) is 0 Å². The Balaban J connectivity index is 2.10. The molecule has 16 heavy (non-hydrogen) atoms. The zero-order valence-corrected chi connectivity index (χ0v) is 8.52. The number of nitrogens with zero attached hydrogens (tertiary/aromatic N) is 1. The Morgan fingerprint density at radius 1 is 1.50 bits per heavy atom. The highest BCUT2D eigenvalue weighted by molar-refractivity contribution is 5.52. The maximum atomic E-state index is 13.0. The summed E-state index contributed by atoms with van der Waals surface area (Å²) in [5, 5.41) is 13.6. The fourth-order valence-electron chi connectivity index (χ4n) is 1.76. The molecule has 0 bridgehead atoms. The van der Waals surface area contributed by atoms with Crippen LogP contribution in [0.1, 0.15) is 12.8 Å². The first kappa shape index (κ1) is 10.8. The maximum Gasteiger partial charge on any atom is 0.306 e. The molecule has 5 nitrogen and oxygen atoms in total. The van der Waals surface area contributed by atoms with Gasteiger partial charge in [0.25, 0.3) is 0 Å². The summed E-state index contributed by atoms with van der Waals surface area (Å²) in [6, 6.07) is 4.23. The van der Waals surface area contributed by atoms with Gasteiger partial charge in [0, 0.05) is 23.8 Å². The number of nitrogens with two attached hydrogens (primary N) is 1. The second kappa shape index (κ2) is 4.05. The van der Waals surface area contributed by atoms with E-state index in [2.05, 4.69) is 5.32 Å². The van der Waals surface area contributed by atoms with Crippen LogP contribution in [0.3, 0.4) is 0 Å². The van der Waals surface area contributed by atoms with Crippen molar-refractivity contribution in [2.24, 2.45) is 5.73 Å². The van der Waals surface area contributed by atoms with Crippen LogP contribution in [-0.2, 0) is 0 Å². The Morgan fingerprint density at radius 2 is 2.19 bits per heavy atom. The van der Waals surface area contributed by atoms with Crippen LogP contribution >= 0.6 is 0 Å². The van der Waals surface area contributed by atoms with Gasteiger partial charge in [-0.05, 0) is 25.0 Å². The maximum absolute atomic E-state index is 13.0. The molecular formula is C10H12FN3O2. The fraction of sp³-hybridized carbons (Fsp3) is 0.400. The number of rotatable bonds is 3. The summed E-state index contributed by atoms with van der Waals surface area (Å²) in [5.74, 6) is -0.819. The van der Waals surface area contributed by atoms with Crippen LogP contribution < -0.4 is 11.1 Å². The molecular weight excluding hydrogens is 213 g/mol. The van der Waals surface area contributed by atoms with Gasteiger partial charge in [0.05, 0.1) is 4.92 Å². The summed E-state index contributed by atoms with van der Waals surface area (Å²) in [7, 11) is 0. The van der Waals surface area contributed by atoms with E-state index in [1.165, 1.54) is 12.1 Å². The Bertz CT molecular complexity index is 419. The van der Waals surface area contributed by atoms with E-state index in [1.807, 2.05) is 0 Å². The van der Waals surface area contributed by atoms with Gasteiger partial charge in [0.1, 0.15) is 0 Å². The molecule has 0 aromatic heterocycles. The van der Waals surface area contributed by atoms with Crippen molar-refractivity contribution in [3.05, 3.63) is 34.1 Å². The van der Waals surface area contributed by atoms with Crippen LogP contribution in [0.15, 0.2) is 18.2 Å². The van der Waals surface area contributed by atoms with Crippen LogP contribution in [0.2, 0.25) is 0 Å². The highest BCUT2D eigenvalue weighted by Gasteiger charge is 2.26. The van der Waals surface area contributed by atoms with Crippen molar-refractivity contribution in [2.45, 2.75) is 24.9 Å². The molecule has 3 N–H and O–H groups in total. The van der Waals surface area contributed by atoms with E-state index in [9.17, 15) is 14.5 Å². The minimum Gasteiger partial charge on any atom is -0.382 e. The number of nitrogens with one attached hydrogen (secondary N) is 1. The molecule has 1 aromatic carbocycles. The van der Waals surface area contributed by atoms with E-state index < -0.39 is 16.4 Å². The number of hydrogen-bond acceptors (Lipinski definition) is 4. The molecule has 0 spiro atoms. The third-order valence-corrected chi connectivity index (χ3v) is 2.69. The van der Waals surface area contributed by atoms with Crippen LogP contribution in [0, 0.1) is 15.9 Å².